The second-order valence-electron chi connectivity index (χ2n) is 6.23. The van der Waals surface area contributed by atoms with E-state index in [0.29, 0.717) is 5.92 Å². The number of rotatable bonds is 6. The molecule has 0 saturated heterocycles. The number of hydrogen-bond donors (Lipinski definition) is 1. The molecule has 0 aliphatic heterocycles. The van der Waals surface area contributed by atoms with E-state index in [0.717, 1.165) is 25.1 Å². The minimum Gasteiger partial charge on any atom is -0.390 e. The minimum absolute atomic E-state index is 0.00448. The Kier molecular flexibility index (Phi) is 5.22. The number of hydrogen-bond acceptors (Lipinski definition) is 3. The summed E-state index contributed by atoms with van der Waals surface area (Å²) in [4.78, 5) is 0. The lowest BCUT2D eigenvalue weighted by molar-refractivity contribution is 0.273. The Hall–Kier alpha value is -1.68. The van der Waals surface area contributed by atoms with Crippen molar-refractivity contribution in [3.63, 3.8) is 0 Å². The first-order chi connectivity index (χ1) is 10.9. The average Bonchev–Trinajstić information content (AvgIpc) is 2.99. The summed E-state index contributed by atoms with van der Waals surface area (Å²) in [7, 11) is 0. The molecule has 1 aromatic heterocycles. The van der Waals surface area contributed by atoms with Crippen LogP contribution in [0.1, 0.15) is 61.4 Å². The summed E-state index contributed by atoms with van der Waals surface area (Å²) in [5.41, 5.74) is 3.34. The highest BCUT2D eigenvalue weighted by atomic mass is 16.3. The summed E-state index contributed by atoms with van der Waals surface area (Å²) in [6, 6.07) is 10.6. The van der Waals surface area contributed by atoms with Crippen LogP contribution >= 0.6 is 0 Å². The first-order valence-corrected chi connectivity index (χ1v) is 8.45. The largest absolute Gasteiger partial charge is 0.390 e. The van der Waals surface area contributed by atoms with Crippen LogP contribution in [0.15, 0.2) is 30.3 Å². The maximum atomic E-state index is 9.55. The Balaban J connectivity index is 1.66. The second-order valence-corrected chi connectivity index (χ2v) is 6.23. The standard InChI is InChI=1S/C18H25N3O/c22-14-17-18(16-11-5-2-6-12-16)21(20-19-17)13-7-10-15-8-3-1-4-9-15/h1,3-4,8-9,16,22H,2,5-7,10-14H2. The van der Waals surface area contributed by atoms with Crippen LogP contribution in [-0.4, -0.2) is 20.1 Å². The number of aliphatic hydroxyl groups is 1. The van der Waals surface area contributed by atoms with Crippen LogP contribution in [0.2, 0.25) is 0 Å². The maximum Gasteiger partial charge on any atom is 0.112 e. The molecular weight excluding hydrogens is 274 g/mol. The molecule has 1 heterocycles. The van der Waals surface area contributed by atoms with Crippen LogP contribution in [0.5, 0.6) is 0 Å². The Bertz CT molecular complexity index is 573. The highest BCUT2D eigenvalue weighted by molar-refractivity contribution is 5.16. The third-order valence-corrected chi connectivity index (χ3v) is 4.67. The van der Waals surface area contributed by atoms with E-state index in [-0.39, 0.29) is 6.61 Å². The normalized spacial score (nSPS) is 16.0. The lowest BCUT2D eigenvalue weighted by Crippen LogP contribution is -2.14. The Morgan fingerprint density at radius 1 is 1.09 bits per heavy atom. The molecular formula is C18H25N3O. The van der Waals surface area contributed by atoms with Gasteiger partial charge in [0.2, 0.25) is 0 Å². The molecule has 0 atom stereocenters. The van der Waals surface area contributed by atoms with Crippen molar-refractivity contribution in [3.8, 4) is 0 Å². The van der Waals surface area contributed by atoms with Crippen molar-refractivity contribution >= 4 is 0 Å². The van der Waals surface area contributed by atoms with E-state index in [9.17, 15) is 5.11 Å². The zero-order chi connectivity index (χ0) is 15.2. The Morgan fingerprint density at radius 3 is 2.59 bits per heavy atom. The Labute approximate surface area is 132 Å². The summed E-state index contributed by atoms with van der Waals surface area (Å²) in [6.45, 7) is 0.887. The molecule has 0 bridgehead atoms. The van der Waals surface area contributed by atoms with Gasteiger partial charge in [-0.25, -0.2) is 4.68 Å². The van der Waals surface area contributed by atoms with E-state index in [1.165, 1.54) is 43.4 Å². The van der Waals surface area contributed by atoms with Gasteiger partial charge in [0.25, 0.3) is 0 Å². The van der Waals surface area contributed by atoms with Crippen LogP contribution in [-0.2, 0) is 19.6 Å². The predicted molar refractivity (Wildman–Crippen MR) is 86.5 cm³/mol. The van der Waals surface area contributed by atoms with E-state index in [4.69, 9.17) is 0 Å². The molecule has 0 spiro atoms. The van der Waals surface area contributed by atoms with Gasteiger partial charge in [-0.2, -0.15) is 0 Å². The molecule has 1 aliphatic carbocycles. The molecule has 1 N–H and O–H groups in total. The molecule has 1 fully saturated rings. The molecule has 2 aromatic rings. The number of benzene rings is 1. The zero-order valence-corrected chi connectivity index (χ0v) is 13.1. The van der Waals surface area contributed by atoms with Crippen molar-refractivity contribution in [2.24, 2.45) is 0 Å². The number of nitrogens with zero attached hydrogens (tertiary/aromatic N) is 3. The predicted octanol–water partition coefficient (Wildman–Crippen LogP) is 3.45. The van der Waals surface area contributed by atoms with Gasteiger partial charge in [0.05, 0.1) is 12.3 Å². The third kappa shape index (κ3) is 3.55. The van der Waals surface area contributed by atoms with Crippen molar-refractivity contribution in [3.05, 3.63) is 47.3 Å². The molecule has 4 nitrogen and oxygen atoms in total. The monoisotopic (exact) mass is 299 g/mol. The van der Waals surface area contributed by atoms with Gasteiger partial charge in [-0.15, -0.1) is 5.10 Å². The minimum atomic E-state index is 0.00448. The van der Waals surface area contributed by atoms with Crippen LogP contribution in [0.4, 0.5) is 0 Å². The first-order valence-electron chi connectivity index (χ1n) is 8.45. The second kappa shape index (κ2) is 7.54. The molecule has 0 amide bonds. The highest BCUT2D eigenvalue weighted by Gasteiger charge is 2.23. The van der Waals surface area contributed by atoms with E-state index in [1.54, 1.807) is 0 Å². The van der Waals surface area contributed by atoms with E-state index < -0.39 is 0 Å². The molecule has 118 valence electrons. The first kappa shape index (κ1) is 15.2. The molecule has 1 aromatic carbocycles. The van der Waals surface area contributed by atoms with E-state index in [1.807, 2.05) is 4.68 Å². The maximum absolute atomic E-state index is 9.55. The molecule has 1 aliphatic rings. The van der Waals surface area contributed by atoms with Gasteiger partial charge >= 0.3 is 0 Å². The molecule has 1 saturated carbocycles. The van der Waals surface area contributed by atoms with Crippen molar-refractivity contribution in [1.29, 1.82) is 0 Å². The fourth-order valence-electron chi connectivity index (χ4n) is 3.53. The van der Waals surface area contributed by atoms with Gasteiger partial charge in [-0.05, 0) is 31.2 Å². The van der Waals surface area contributed by atoms with E-state index >= 15 is 0 Å². The topological polar surface area (TPSA) is 50.9 Å². The van der Waals surface area contributed by atoms with Crippen LogP contribution < -0.4 is 0 Å². The quantitative estimate of drug-likeness (QED) is 0.889. The summed E-state index contributed by atoms with van der Waals surface area (Å²) >= 11 is 0. The summed E-state index contributed by atoms with van der Waals surface area (Å²) in [6.07, 6.45) is 8.42. The van der Waals surface area contributed by atoms with Gasteiger partial charge in [-0.3, -0.25) is 0 Å². The van der Waals surface area contributed by atoms with Crippen LogP contribution in [0.25, 0.3) is 0 Å². The SMILES string of the molecule is OCc1nnn(CCCc2ccccc2)c1C1CCCCC1. The van der Waals surface area contributed by atoms with Crippen molar-refractivity contribution < 1.29 is 5.11 Å². The van der Waals surface area contributed by atoms with Crippen molar-refractivity contribution in [1.82, 2.24) is 15.0 Å². The van der Waals surface area contributed by atoms with Crippen molar-refractivity contribution in [2.75, 3.05) is 0 Å². The van der Waals surface area contributed by atoms with Gasteiger partial charge in [0, 0.05) is 12.5 Å². The molecule has 3 rings (SSSR count). The fraction of sp³-hybridized carbons (Fsp3) is 0.556. The smallest absolute Gasteiger partial charge is 0.112 e. The molecule has 0 unspecified atom stereocenters. The van der Waals surface area contributed by atoms with Gasteiger partial charge < -0.3 is 5.11 Å². The van der Waals surface area contributed by atoms with E-state index in [2.05, 4.69) is 40.6 Å². The van der Waals surface area contributed by atoms with Crippen LogP contribution in [0, 0.1) is 0 Å². The lowest BCUT2D eigenvalue weighted by Gasteiger charge is -2.23. The number of aryl methyl sites for hydroxylation is 2. The van der Waals surface area contributed by atoms with Gasteiger partial charge in [0.1, 0.15) is 5.69 Å². The molecule has 4 heteroatoms. The van der Waals surface area contributed by atoms with Crippen molar-refractivity contribution in [2.45, 2.75) is 64.0 Å². The van der Waals surface area contributed by atoms with Gasteiger partial charge in [0.15, 0.2) is 0 Å². The molecule has 22 heavy (non-hydrogen) atoms. The summed E-state index contributed by atoms with van der Waals surface area (Å²) in [5.74, 6) is 0.530. The fourth-order valence-corrected chi connectivity index (χ4v) is 3.53. The average molecular weight is 299 g/mol. The zero-order valence-electron chi connectivity index (χ0n) is 13.1. The lowest BCUT2D eigenvalue weighted by atomic mass is 9.86. The van der Waals surface area contributed by atoms with Crippen LogP contribution in [0.3, 0.4) is 0 Å². The summed E-state index contributed by atoms with van der Waals surface area (Å²) in [5, 5.41) is 18.0. The third-order valence-electron chi connectivity index (χ3n) is 4.67. The summed E-state index contributed by atoms with van der Waals surface area (Å²) < 4.78 is 2.05. The molecule has 0 radical (unpaired) electrons. The van der Waals surface area contributed by atoms with Gasteiger partial charge in [-0.1, -0.05) is 54.8 Å². The highest BCUT2D eigenvalue weighted by Crippen LogP contribution is 2.33. The number of aromatic nitrogens is 3. The number of aliphatic hydroxyl groups excluding tert-OH is 1. The Morgan fingerprint density at radius 2 is 1.86 bits per heavy atom.